The summed E-state index contributed by atoms with van der Waals surface area (Å²) in [6, 6.07) is 0.104. The summed E-state index contributed by atoms with van der Waals surface area (Å²) in [4.78, 5) is 18.2. The van der Waals surface area contributed by atoms with Gasteiger partial charge in [0.15, 0.2) is 0 Å². The Morgan fingerprint density at radius 2 is 1.59 bits per heavy atom. The largest absolute Gasteiger partial charge is 0.324 e. The van der Waals surface area contributed by atoms with Crippen LogP contribution < -0.4 is 0 Å². The highest BCUT2D eigenvalue weighted by Gasteiger charge is 2.27. The van der Waals surface area contributed by atoms with E-state index in [4.69, 9.17) is 0 Å². The van der Waals surface area contributed by atoms with Crippen molar-refractivity contribution in [1.29, 1.82) is 0 Å². The van der Waals surface area contributed by atoms with Crippen molar-refractivity contribution in [3.63, 3.8) is 0 Å². The van der Waals surface area contributed by atoms with Gasteiger partial charge in [0.05, 0.1) is 0 Å². The molecule has 2 heterocycles. The molecule has 98 valence electrons. The van der Waals surface area contributed by atoms with Gasteiger partial charge < -0.3 is 14.7 Å². The fourth-order valence-electron chi connectivity index (χ4n) is 2.49. The number of likely N-dealkylation sites (tertiary alicyclic amines) is 1. The highest BCUT2D eigenvalue weighted by Crippen LogP contribution is 2.15. The molecule has 0 spiro atoms. The Kier molecular flexibility index (Phi) is 4.20. The lowest BCUT2D eigenvalue weighted by Crippen LogP contribution is -2.54. The van der Waals surface area contributed by atoms with Crippen molar-refractivity contribution < 1.29 is 9.18 Å². The SMILES string of the molecule is CCN1CCN(C(=O)N2CCC(F)CC2)CC1. The van der Waals surface area contributed by atoms with Crippen molar-refractivity contribution in [3.8, 4) is 0 Å². The first kappa shape index (κ1) is 12.6. The summed E-state index contributed by atoms with van der Waals surface area (Å²) in [6.45, 7) is 7.88. The number of halogens is 1. The molecule has 2 rings (SSSR count). The van der Waals surface area contributed by atoms with Gasteiger partial charge in [0.2, 0.25) is 0 Å². The van der Waals surface area contributed by atoms with Gasteiger partial charge in [-0.05, 0) is 19.4 Å². The number of likely N-dealkylation sites (N-methyl/N-ethyl adjacent to an activating group) is 1. The Hall–Kier alpha value is -0.840. The monoisotopic (exact) mass is 243 g/mol. The van der Waals surface area contributed by atoms with Crippen LogP contribution in [-0.4, -0.2) is 72.7 Å². The standard InChI is InChI=1S/C12H22FN3O/c1-2-14-7-9-16(10-8-14)12(17)15-5-3-11(13)4-6-15/h11H,2-10H2,1H3. The van der Waals surface area contributed by atoms with Gasteiger partial charge in [-0.1, -0.05) is 6.92 Å². The maximum absolute atomic E-state index is 13.0. The van der Waals surface area contributed by atoms with Crippen molar-refractivity contribution in [2.24, 2.45) is 0 Å². The Bertz CT molecular complexity index is 258. The van der Waals surface area contributed by atoms with Gasteiger partial charge in [0, 0.05) is 39.3 Å². The maximum Gasteiger partial charge on any atom is 0.320 e. The van der Waals surface area contributed by atoms with Gasteiger partial charge in [-0.3, -0.25) is 0 Å². The predicted molar refractivity (Wildman–Crippen MR) is 64.8 cm³/mol. The summed E-state index contributed by atoms with van der Waals surface area (Å²) in [5, 5.41) is 0. The van der Waals surface area contributed by atoms with E-state index in [9.17, 15) is 9.18 Å². The predicted octanol–water partition coefficient (Wildman–Crippen LogP) is 1.18. The van der Waals surface area contributed by atoms with Gasteiger partial charge in [-0.25, -0.2) is 9.18 Å². The Labute approximate surface area is 102 Å². The summed E-state index contributed by atoms with van der Waals surface area (Å²) < 4.78 is 13.0. The fourth-order valence-corrected chi connectivity index (χ4v) is 2.49. The summed E-state index contributed by atoms with van der Waals surface area (Å²) in [5.74, 6) is 0. The molecule has 2 fully saturated rings. The molecule has 0 aromatic heterocycles. The lowest BCUT2D eigenvalue weighted by Gasteiger charge is -2.38. The number of nitrogens with zero attached hydrogens (tertiary/aromatic N) is 3. The number of urea groups is 1. The first-order chi connectivity index (χ1) is 8.20. The summed E-state index contributed by atoms with van der Waals surface area (Å²) in [5.41, 5.74) is 0. The van der Waals surface area contributed by atoms with Crippen molar-refractivity contribution in [1.82, 2.24) is 14.7 Å². The number of carbonyl (C=O) groups excluding carboxylic acids is 1. The second-order valence-corrected chi connectivity index (χ2v) is 4.87. The molecule has 0 aromatic rings. The van der Waals surface area contributed by atoms with E-state index < -0.39 is 6.17 Å². The number of piperidine rings is 1. The smallest absolute Gasteiger partial charge is 0.320 e. The summed E-state index contributed by atoms with van der Waals surface area (Å²) >= 11 is 0. The topological polar surface area (TPSA) is 26.8 Å². The molecule has 0 aliphatic carbocycles. The first-order valence-corrected chi connectivity index (χ1v) is 6.61. The molecular weight excluding hydrogens is 221 g/mol. The average molecular weight is 243 g/mol. The van der Waals surface area contributed by atoms with Crippen molar-refractivity contribution in [3.05, 3.63) is 0 Å². The van der Waals surface area contributed by atoms with Crippen LogP contribution in [0.3, 0.4) is 0 Å². The maximum atomic E-state index is 13.0. The van der Waals surface area contributed by atoms with Crippen LogP contribution in [0.1, 0.15) is 19.8 Å². The van der Waals surface area contributed by atoms with Crippen LogP contribution in [0.15, 0.2) is 0 Å². The van der Waals surface area contributed by atoms with E-state index in [0.29, 0.717) is 25.9 Å². The third kappa shape index (κ3) is 3.09. The van der Waals surface area contributed by atoms with Gasteiger partial charge in [-0.2, -0.15) is 0 Å². The summed E-state index contributed by atoms with van der Waals surface area (Å²) in [7, 11) is 0. The normalized spacial score (nSPS) is 24.1. The van der Waals surface area contributed by atoms with Gasteiger partial charge in [0.1, 0.15) is 6.17 Å². The molecule has 17 heavy (non-hydrogen) atoms. The molecule has 0 N–H and O–H groups in total. The zero-order valence-electron chi connectivity index (χ0n) is 10.6. The van der Waals surface area contributed by atoms with Crippen LogP contribution in [0.25, 0.3) is 0 Å². The van der Waals surface area contributed by atoms with Crippen molar-refractivity contribution >= 4 is 6.03 Å². The quantitative estimate of drug-likeness (QED) is 0.691. The molecule has 0 radical (unpaired) electrons. The van der Waals surface area contributed by atoms with Gasteiger partial charge in [-0.15, -0.1) is 0 Å². The number of carbonyl (C=O) groups is 1. The average Bonchev–Trinajstić information content (AvgIpc) is 2.39. The second kappa shape index (κ2) is 5.67. The zero-order valence-corrected chi connectivity index (χ0v) is 10.6. The number of hydrogen-bond acceptors (Lipinski definition) is 2. The summed E-state index contributed by atoms with van der Waals surface area (Å²) in [6.07, 6.45) is 0.289. The number of hydrogen-bond donors (Lipinski definition) is 0. The van der Waals surface area contributed by atoms with Gasteiger partial charge >= 0.3 is 6.03 Å². The van der Waals surface area contributed by atoms with E-state index in [1.807, 2.05) is 4.90 Å². The second-order valence-electron chi connectivity index (χ2n) is 4.87. The molecular formula is C12H22FN3O. The molecule has 2 amide bonds. The molecule has 2 saturated heterocycles. The molecule has 0 aromatic carbocycles. The van der Waals surface area contributed by atoms with Crippen molar-refractivity contribution in [2.45, 2.75) is 25.9 Å². The fraction of sp³-hybridized carbons (Fsp3) is 0.917. The van der Waals surface area contributed by atoms with E-state index in [2.05, 4.69) is 11.8 Å². The molecule has 2 aliphatic rings. The van der Waals surface area contributed by atoms with Crippen LogP contribution in [0.5, 0.6) is 0 Å². The van der Waals surface area contributed by atoms with Crippen molar-refractivity contribution in [2.75, 3.05) is 45.8 Å². The minimum Gasteiger partial charge on any atom is -0.324 e. The lowest BCUT2D eigenvalue weighted by atomic mass is 10.1. The molecule has 2 aliphatic heterocycles. The van der Waals surface area contributed by atoms with Gasteiger partial charge in [0.25, 0.3) is 0 Å². The minimum atomic E-state index is -0.712. The zero-order chi connectivity index (χ0) is 12.3. The van der Waals surface area contributed by atoms with Crippen LogP contribution in [0, 0.1) is 0 Å². The third-order valence-electron chi connectivity index (χ3n) is 3.79. The van der Waals surface area contributed by atoms with Crippen LogP contribution in [0.4, 0.5) is 9.18 Å². The Balaban J connectivity index is 1.80. The third-order valence-corrected chi connectivity index (χ3v) is 3.79. The molecule has 0 unspecified atom stereocenters. The Morgan fingerprint density at radius 1 is 1.06 bits per heavy atom. The highest BCUT2D eigenvalue weighted by atomic mass is 19.1. The molecule has 5 heteroatoms. The number of alkyl halides is 1. The first-order valence-electron chi connectivity index (χ1n) is 6.61. The number of rotatable bonds is 1. The van der Waals surface area contributed by atoms with E-state index in [1.54, 1.807) is 4.90 Å². The van der Waals surface area contributed by atoms with E-state index in [1.165, 1.54) is 0 Å². The van der Waals surface area contributed by atoms with Crippen LogP contribution in [0.2, 0.25) is 0 Å². The molecule has 0 saturated carbocycles. The lowest BCUT2D eigenvalue weighted by molar-refractivity contribution is 0.0974. The van der Waals surface area contributed by atoms with E-state index in [0.717, 1.165) is 32.7 Å². The number of piperazine rings is 1. The highest BCUT2D eigenvalue weighted by molar-refractivity contribution is 5.74. The van der Waals surface area contributed by atoms with Crippen LogP contribution >= 0.6 is 0 Å². The minimum absolute atomic E-state index is 0.104. The van der Waals surface area contributed by atoms with Crippen LogP contribution in [-0.2, 0) is 0 Å². The molecule has 0 atom stereocenters. The Morgan fingerprint density at radius 3 is 2.12 bits per heavy atom. The molecule has 0 bridgehead atoms. The molecule has 4 nitrogen and oxygen atoms in total. The van der Waals surface area contributed by atoms with E-state index >= 15 is 0 Å². The number of amides is 2. The van der Waals surface area contributed by atoms with E-state index in [-0.39, 0.29) is 6.03 Å².